The van der Waals surface area contributed by atoms with Crippen LogP contribution in [0.4, 0.5) is 10.5 Å². The number of carbonyl (C=O) groups is 1. The summed E-state index contributed by atoms with van der Waals surface area (Å²) in [4.78, 5) is 11.7. The fourth-order valence-corrected chi connectivity index (χ4v) is 1.94. The van der Waals surface area contributed by atoms with E-state index in [1.54, 1.807) is 31.4 Å². The molecular formula is C17H15ClN2O2. The van der Waals surface area contributed by atoms with Crippen LogP contribution in [0.25, 0.3) is 0 Å². The Balaban J connectivity index is 1.86. The molecule has 0 unspecified atom stereocenters. The number of urea groups is 1. The number of nitrogens with one attached hydrogen (secondary N) is 2. The van der Waals surface area contributed by atoms with Gasteiger partial charge in [0.05, 0.1) is 19.2 Å². The standard InChI is InChI=1S/C17H15ClN2O2/c1-22-16-10-3-2-6-13(16)7-5-11-19-17(21)20-15-9-4-8-14(18)12-15/h2-4,6,8-10,12H,11H2,1H3,(H2,19,20,21). The second-order valence-electron chi connectivity index (χ2n) is 4.32. The van der Waals surface area contributed by atoms with Gasteiger partial charge in [-0.15, -0.1) is 0 Å². The summed E-state index contributed by atoms with van der Waals surface area (Å²) < 4.78 is 5.20. The van der Waals surface area contributed by atoms with E-state index in [1.165, 1.54) is 0 Å². The molecule has 0 aliphatic carbocycles. The van der Waals surface area contributed by atoms with E-state index >= 15 is 0 Å². The Morgan fingerprint density at radius 2 is 2.05 bits per heavy atom. The van der Waals surface area contributed by atoms with Crippen LogP contribution < -0.4 is 15.4 Å². The molecule has 2 aromatic carbocycles. The Labute approximate surface area is 134 Å². The van der Waals surface area contributed by atoms with Gasteiger partial charge in [0, 0.05) is 10.7 Å². The predicted octanol–water partition coefficient (Wildman–Crippen LogP) is 3.52. The molecule has 0 aliphatic heterocycles. The first kappa shape index (κ1) is 15.7. The monoisotopic (exact) mass is 314 g/mol. The number of benzene rings is 2. The van der Waals surface area contributed by atoms with Crippen molar-refractivity contribution in [1.82, 2.24) is 5.32 Å². The lowest BCUT2D eigenvalue weighted by Gasteiger charge is -2.05. The molecule has 22 heavy (non-hydrogen) atoms. The minimum Gasteiger partial charge on any atom is -0.495 e. The van der Waals surface area contributed by atoms with Crippen molar-refractivity contribution < 1.29 is 9.53 Å². The summed E-state index contributed by atoms with van der Waals surface area (Å²) in [7, 11) is 1.59. The fraction of sp³-hybridized carbons (Fsp3) is 0.118. The number of halogens is 1. The second-order valence-corrected chi connectivity index (χ2v) is 4.76. The third kappa shape index (κ3) is 4.72. The Bertz CT molecular complexity index is 720. The van der Waals surface area contributed by atoms with Crippen LogP contribution in [0, 0.1) is 11.8 Å². The number of methoxy groups -OCH3 is 1. The van der Waals surface area contributed by atoms with Crippen LogP contribution in [-0.2, 0) is 0 Å². The lowest BCUT2D eigenvalue weighted by atomic mass is 10.2. The van der Waals surface area contributed by atoms with Crippen LogP contribution in [-0.4, -0.2) is 19.7 Å². The number of rotatable bonds is 3. The quantitative estimate of drug-likeness (QED) is 0.852. The predicted molar refractivity (Wildman–Crippen MR) is 88.3 cm³/mol. The maximum atomic E-state index is 11.7. The van der Waals surface area contributed by atoms with E-state index in [0.29, 0.717) is 16.5 Å². The van der Waals surface area contributed by atoms with E-state index in [-0.39, 0.29) is 12.6 Å². The van der Waals surface area contributed by atoms with E-state index in [9.17, 15) is 4.79 Å². The molecule has 0 aliphatic rings. The third-order valence-corrected chi connectivity index (χ3v) is 2.98. The van der Waals surface area contributed by atoms with E-state index in [1.807, 2.05) is 24.3 Å². The van der Waals surface area contributed by atoms with Crippen LogP contribution in [0.5, 0.6) is 5.75 Å². The molecule has 0 bridgehead atoms. The summed E-state index contributed by atoms with van der Waals surface area (Å²) >= 11 is 5.85. The summed E-state index contributed by atoms with van der Waals surface area (Å²) in [5, 5.41) is 5.89. The molecule has 0 radical (unpaired) electrons. The lowest BCUT2D eigenvalue weighted by molar-refractivity contribution is 0.253. The van der Waals surface area contributed by atoms with Crippen LogP contribution >= 0.6 is 11.6 Å². The molecule has 4 nitrogen and oxygen atoms in total. The summed E-state index contributed by atoms with van der Waals surface area (Å²) in [6, 6.07) is 14.0. The van der Waals surface area contributed by atoms with Crippen LogP contribution in [0.1, 0.15) is 5.56 Å². The van der Waals surface area contributed by atoms with Crippen LogP contribution in [0.15, 0.2) is 48.5 Å². The molecule has 2 amide bonds. The molecule has 2 aromatic rings. The Morgan fingerprint density at radius 3 is 2.82 bits per heavy atom. The average Bonchev–Trinajstić information content (AvgIpc) is 2.52. The van der Waals surface area contributed by atoms with Crippen molar-refractivity contribution in [3.63, 3.8) is 0 Å². The van der Waals surface area contributed by atoms with Crippen molar-refractivity contribution in [2.24, 2.45) is 0 Å². The van der Waals surface area contributed by atoms with Crippen molar-refractivity contribution >= 4 is 23.3 Å². The number of hydrogen-bond acceptors (Lipinski definition) is 2. The summed E-state index contributed by atoms with van der Waals surface area (Å²) in [6.45, 7) is 0.227. The molecule has 2 N–H and O–H groups in total. The van der Waals surface area contributed by atoms with Crippen molar-refractivity contribution in [2.75, 3.05) is 19.0 Å². The molecule has 112 valence electrons. The van der Waals surface area contributed by atoms with Gasteiger partial charge < -0.3 is 15.4 Å². The maximum Gasteiger partial charge on any atom is 0.319 e. The Kier molecular flexibility index (Phi) is 5.70. The summed E-state index contributed by atoms with van der Waals surface area (Å²) in [6.07, 6.45) is 0. The van der Waals surface area contributed by atoms with Crippen LogP contribution in [0.2, 0.25) is 5.02 Å². The maximum absolute atomic E-state index is 11.7. The highest BCUT2D eigenvalue weighted by Crippen LogP contribution is 2.15. The van der Waals surface area contributed by atoms with Gasteiger partial charge in [0.25, 0.3) is 0 Å². The molecular weight excluding hydrogens is 300 g/mol. The summed E-state index contributed by atoms with van der Waals surface area (Å²) in [5.74, 6) is 6.54. The van der Waals surface area contributed by atoms with Gasteiger partial charge in [0.15, 0.2) is 0 Å². The first-order chi connectivity index (χ1) is 10.7. The van der Waals surface area contributed by atoms with Crippen molar-refractivity contribution in [3.8, 4) is 17.6 Å². The number of para-hydroxylation sites is 1. The zero-order valence-electron chi connectivity index (χ0n) is 12.0. The van der Waals surface area contributed by atoms with E-state index < -0.39 is 0 Å². The van der Waals surface area contributed by atoms with Crippen molar-refractivity contribution in [1.29, 1.82) is 0 Å². The van der Waals surface area contributed by atoms with Gasteiger partial charge in [-0.25, -0.2) is 4.79 Å². The molecule has 5 heteroatoms. The first-order valence-corrected chi connectivity index (χ1v) is 6.99. The normalized spacial score (nSPS) is 9.36. The molecule has 0 spiro atoms. The highest BCUT2D eigenvalue weighted by molar-refractivity contribution is 6.30. The minimum atomic E-state index is -0.336. The van der Waals surface area contributed by atoms with Crippen molar-refractivity contribution in [2.45, 2.75) is 0 Å². The highest BCUT2D eigenvalue weighted by atomic mass is 35.5. The molecule has 0 saturated carbocycles. The Morgan fingerprint density at radius 1 is 1.23 bits per heavy atom. The number of carbonyl (C=O) groups excluding carboxylic acids is 1. The zero-order valence-corrected chi connectivity index (χ0v) is 12.8. The Hall–Kier alpha value is -2.64. The summed E-state index contributed by atoms with van der Waals surface area (Å²) in [5.41, 5.74) is 1.41. The van der Waals surface area contributed by atoms with Gasteiger partial charge in [0.1, 0.15) is 5.75 Å². The lowest BCUT2D eigenvalue weighted by Crippen LogP contribution is -2.28. The topological polar surface area (TPSA) is 50.4 Å². The SMILES string of the molecule is COc1ccccc1C#CCNC(=O)Nc1cccc(Cl)c1. The highest BCUT2D eigenvalue weighted by Gasteiger charge is 2.00. The second kappa shape index (κ2) is 7.96. The van der Waals surface area contributed by atoms with Gasteiger partial charge >= 0.3 is 6.03 Å². The molecule has 0 aromatic heterocycles. The molecule has 0 saturated heterocycles. The largest absolute Gasteiger partial charge is 0.495 e. The molecule has 0 fully saturated rings. The number of hydrogen-bond donors (Lipinski definition) is 2. The first-order valence-electron chi connectivity index (χ1n) is 6.61. The average molecular weight is 315 g/mol. The van der Waals surface area contributed by atoms with E-state index in [4.69, 9.17) is 16.3 Å². The van der Waals surface area contributed by atoms with Crippen LogP contribution in [0.3, 0.4) is 0 Å². The smallest absolute Gasteiger partial charge is 0.319 e. The molecule has 2 rings (SSSR count). The number of anilines is 1. The number of ether oxygens (including phenoxy) is 1. The zero-order chi connectivity index (χ0) is 15.8. The van der Waals surface area contributed by atoms with Gasteiger partial charge in [-0.05, 0) is 30.3 Å². The van der Waals surface area contributed by atoms with Gasteiger partial charge in [-0.1, -0.05) is 41.6 Å². The van der Waals surface area contributed by atoms with Gasteiger partial charge in [0.2, 0.25) is 0 Å². The van der Waals surface area contributed by atoms with E-state index in [0.717, 1.165) is 5.56 Å². The van der Waals surface area contributed by atoms with Crippen molar-refractivity contribution in [3.05, 3.63) is 59.1 Å². The number of amides is 2. The van der Waals surface area contributed by atoms with Gasteiger partial charge in [-0.2, -0.15) is 0 Å². The minimum absolute atomic E-state index is 0.227. The van der Waals surface area contributed by atoms with E-state index in [2.05, 4.69) is 22.5 Å². The van der Waals surface area contributed by atoms with Gasteiger partial charge in [-0.3, -0.25) is 0 Å². The molecule has 0 atom stereocenters. The third-order valence-electron chi connectivity index (χ3n) is 2.75. The molecule has 0 heterocycles. The fourth-order valence-electron chi connectivity index (χ4n) is 1.75.